The van der Waals surface area contributed by atoms with Crippen molar-refractivity contribution in [2.24, 2.45) is 5.92 Å². The number of thiazole rings is 1. The molecule has 3 aromatic heterocycles. The summed E-state index contributed by atoms with van der Waals surface area (Å²) in [6.07, 6.45) is 6.82. The van der Waals surface area contributed by atoms with Gasteiger partial charge in [-0.15, -0.1) is 11.3 Å². The zero-order valence-electron chi connectivity index (χ0n) is 22.7. The van der Waals surface area contributed by atoms with Gasteiger partial charge >= 0.3 is 0 Å². The number of benzene rings is 1. The van der Waals surface area contributed by atoms with Crippen LogP contribution in [0.2, 0.25) is 0 Å². The zero-order valence-corrected chi connectivity index (χ0v) is 23.5. The molecule has 0 spiro atoms. The fraction of sp³-hybridized carbons (Fsp3) is 0.517. The minimum atomic E-state index is 0.334. The number of piperidine rings is 1. The van der Waals surface area contributed by atoms with Crippen molar-refractivity contribution >= 4 is 27.2 Å². The molecule has 1 saturated heterocycles. The standard InChI is InChI=1S/C17H15N3S.C10H21N.C2H6/c1-10-6-14(9-20-8-11(2)18-17(10)20)13-4-5-15-16(7-13)21-12(3)19-15;1-8-6-9(2,3)11-10(4,5)7-8;1-2/h4-9H,1-3H3;8,11H,6-7H2,1-5H3;1-2H3. The van der Waals surface area contributed by atoms with Gasteiger partial charge in [0.2, 0.25) is 0 Å². The largest absolute Gasteiger partial charge is 0.307 e. The van der Waals surface area contributed by atoms with Gasteiger partial charge in [0.15, 0.2) is 0 Å². The smallest absolute Gasteiger partial charge is 0.139 e. The molecular formula is C29H42N4S. The molecular weight excluding hydrogens is 436 g/mol. The Bertz CT molecular complexity index is 1250. The first kappa shape index (κ1) is 26.4. The van der Waals surface area contributed by atoms with E-state index in [4.69, 9.17) is 0 Å². The molecule has 4 aromatic rings. The third kappa shape index (κ3) is 6.25. The third-order valence-corrected chi connectivity index (χ3v) is 7.01. The van der Waals surface area contributed by atoms with E-state index in [9.17, 15) is 0 Å². The Morgan fingerprint density at radius 2 is 1.56 bits per heavy atom. The maximum atomic E-state index is 4.56. The van der Waals surface area contributed by atoms with Crippen LogP contribution in [0, 0.1) is 26.7 Å². The zero-order chi connectivity index (χ0) is 25.3. The SMILES string of the molecule is CC.CC1CC(C)(C)NC(C)(C)C1.Cc1cn2cc(-c3ccc4nc(C)sc4c3)cc(C)c2n1. The van der Waals surface area contributed by atoms with Gasteiger partial charge < -0.3 is 9.72 Å². The number of rotatable bonds is 1. The Kier molecular flexibility index (Phi) is 7.89. The molecule has 1 aromatic carbocycles. The quantitative estimate of drug-likeness (QED) is 0.300. The molecule has 184 valence electrons. The Balaban J connectivity index is 0.000000212. The first-order chi connectivity index (χ1) is 15.9. The van der Waals surface area contributed by atoms with Crippen molar-refractivity contribution in [3.8, 4) is 11.1 Å². The lowest BCUT2D eigenvalue weighted by Gasteiger charge is -2.45. The molecule has 5 rings (SSSR count). The van der Waals surface area contributed by atoms with Gasteiger partial charge in [-0.3, -0.25) is 0 Å². The lowest BCUT2D eigenvalue weighted by molar-refractivity contribution is 0.138. The lowest BCUT2D eigenvalue weighted by Crippen LogP contribution is -2.57. The van der Waals surface area contributed by atoms with Gasteiger partial charge in [-0.1, -0.05) is 26.8 Å². The topological polar surface area (TPSA) is 42.2 Å². The van der Waals surface area contributed by atoms with Gasteiger partial charge in [0.25, 0.3) is 0 Å². The second-order valence-corrected chi connectivity index (χ2v) is 12.1. The fourth-order valence-electron chi connectivity index (χ4n) is 5.60. The molecule has 1 N–H and O–H groups in total. The summed E-state index contributed by atoms with van der Waals surface area (Å²) in [5.74, 6) is 0.862. The maximum Gasteiger partial charge on any atom is 0.139 e. The number of nitrogens with zero attached hydrogens (tertiary/aromatic N) is 3. The van der Waals surface area contributed by atoms with E-state index in [1.165, 1.54) is 34.2 Å². The van der Waals surface area contributed by atoms with E-state index in [0.29, 0.717) is 11.1 Å². The minimum Gasteiger partial charge on any atom is -0.307 e. The highest BCUT2D eigenvalue weighted by Gasteiger charge is 2.35. The van der Waals surface area contributed by atoms with E-state index in [-0.39, 0.29) is 0 Å². The van der Waals surface area contributed by atoms with E-state index in [1.54, 1.807) is 11.3 Å². The molecule has 4 heterocycles. The Labute approximate surface area is 209 Å². The van der Waals surface area contributed by atoms with Gasteiger partial charge in [0.1, 0.15) is 5.65 Å². The highest BCUT2D eigenvalue weighted by Crippen LogP contribution is 2.32. The number of aromatic nitrogens is 3. The first-order valence-electron chi connectivity index (χ1n) is 12.5. The molecule has 0 saturated carbocycles. The van der Waals surface area contributed by atoms with Crippen molar-refractivity contribution in [3.05, 3.63) is 52.9 Å². The summed E-state index contributed by atoms with van der Waals surface area (Å²) in [7, 11) is 0. The van der Waals surface area contributed by atoms with Gasteiger partial charge in [0, 0.05) is 23.5 Å². The van der Waals surface area contributed by atoms with E-state index in [0.717, 1.165) is 27.8 Å². The molecule has 0 amide bonds. The van der Waals surface area contributed by atoms with E-state index >= 15 is 0 Å². The predicted molar refractivity (Wildman–Crippen MR) is 149 cm³/mol. The van der Waals surface area contributed by atoms with Gasteiger partial charge in [0.05, 0.1) is 20.9 Å². The van der Waals surface area contributed by atoms with Crippen molar-refractivity contribution in [2.45, 2.75) is 93.2 Å². The summed E-state index contributed by atoms with van der Waals surface area (Å²) in [5, 5.41) is 4.77. The second kappa shape index (κ2) is 10.2. The summed E-state index contributed by atoms with van der Waals surface area (Å²) >= 11 is 1.74. The molecule has 0 atom stereocenters. The van der Waals surface area contributed by atoms with Crippen LogP contribution in [-0.2, 0) is 0 Å². The summed E-state index contributed by atoms with van der Waals surface area (Å²) in [6, 6.07) is 8.68. The first-order valence-corrected chi connectivity index (χ1v) is 13.4. The normalized spacial score (nSPS) is 17.1. The highest BCUT2D eigenvalue weighted by molar-refractivity contribution is 7.18. The lowest BCUT2D eigenvalue weighted by atomic mass is 9.77. The van der Waals surface area contributed by atoms with E-state index in [2.05, 4.69) is 105 Å². The van der Waals surface area contributed by atoms with Crippen LogP contribution in [0.4, 0.5) is 0 Å². The van der Waals surface area contributed by atoms with Crippen molar-refractivity contribution in [1.82, 2.24) is 19.7 Å². The monoisotopic (exact) mass is 478 g/mol. The Hall–Kier alpha value is -2.24. The number of fused-ring (bicyclic) bond motifs is 2. The van der Waals surface area contributed by atoms with Crippen LogP contribution in [0.1, 0.15) is 77.6 Å². The molecule has 0 unspecified atom stereocenters. The number of imidazole rings is 1. The Morgan fingerprint density at radius 1 is 0.912 bits per heavy atom. The van der Waals surface area contributed by atoms with Crippen molar-refractivity contribution in [3.63, 3.8) is 0 Å². The molecule has 34 heavy (non-hydrogen) atoms. The number of hydrogen-bond donors (Lipinski definition) is 1. The second-order valence-electron chi connectivity index (χ2n) is 10.8. The summed E-state index contributed by atoms with van der Waals surface area (Å²) in [4.78, 5) is 9.08. The molecule has 4 nitrogen and oxygen atoms in total. The van der Waals surface area contributed by atoms with Crippen LogP contribution >= 0.6 is 11.3 Å². The maximum absolute atomic E-state index is 4.56. The predicted octanol–water partition coefficient (Wildman–Crippen LogP) is 8.13. The summed E-state index contributed by atoms with van der Waals surface area (Å²) in [5.41, 5.74) is 7.46. The van der Waals surface area contributed by atoms with E-state index < -0.39 is 0 Å². The molecule has 0 aliphatic carbocycles. The van der Waals surface area contributed by atoms with Crippen molar-refractivity contribution in [2.75, 3.05) is 0 Å². The van der Waals surface area contributed by atoms with Crippen LogP contribution in [0.25, 0.3) is 27.0 Å². The molecule has 0 bridgehead atoms. The molecule has 5 heteroatoms. The van der Waals surface area contributed by atoms with Crippen LogP contribution in [0.15, 0.2) is 36.7 Å². The Morgan fingerprint density at radius 3 is 2.18 bits per heavy atom. The molecule has 0 radical (unpaired) electrons. The van der Waals surface area contributed by atoms with Crippen LogP contribution in [0.3, 0.4) is 0 Å². The molecule has 1 aliphatic heterocycles. The molecule has 1 fully saturated rings. The number of hydrogen-bond acceptors (Lipinski definition) is 4. The van der Waals surface area contributed by atoms with Crippen molar-refractivity contribution < 1.29 is 0 Å². The minimum absolute atomic E-state index is 0.334. The van der Waals surface area contributed by atoms with Crippen LogP contribution in [-0.4, -0.2) is 25.4 Å². The number of pyridine rings is 1. The highest BCUT2D eigenvalue weighted by atomic mass is 32.1. The third-order valence-electron chi connectivity index (χ3n) is 6.08. The average molecular weight is 479 g/mol. The average Bonchev–Trinajstić information content (AvgIpc) is 3.27. The number of nitrogens with one attached hydrogen (secondary N) is 1. The number of aryl methyl sites for hydroxylation is 3. The van der Waals surface area contributed by atoms with Gasteiger partial charge in [-0.05, 0) is 102 Å². The fourth-order valence-corrected chi connectivity index (χ4v) is 6.47. The van der Waals surface area contributed by atoms with E-state index in [1.807, 2.05) is 20.8 Å². The van der Waals surface area contributed by atoms with Crippen LogP contribution in [0.5, 0.6) is 0 Å². The van der Waals surface area contributed by atoms with Crippen LogP contribution < -0.4 is 5.32 Å². The van der Waals surface area contributed by atoms with Gasteiger partial charge in [-0.25, -0.2) is 9.97 Å². The molecule has 1 aliphatic rings. The van der Waals surface area contributed by atoms with Gasteiger partial charge in [-0.2, -0.15) is 0 Å². The summed E-state index contributed by atoms with van der Waals surface area (Å²) < 4.78 is 3.35. The van der Waals surface area contributed by atoms with Crippen molar-refractivity contribution in [1.29, 1.82) is 0 Å². The summed E-state index contributed by atoms with van der Waals surface area (Å²) in [6.45, 7) is 21.7.